The number of anilines is 1. The summed E-state index contributed by atoms with van der Waals surface area (Å²) in [4.78, 5) is 17.3. The molecule has 2 aromatic heterocycles. The van der Waals surface area contributed by atoms with E-state index in [4.69, 9.17) is 0 Å². The van der Waals surface area contributed by atoms with Gasteiger partial charge in [0.05, 0.1) is 0 Å². The summed E-state index contributed by atoms with van der Waals surface area (Å²) in [7, 11) is 0. The quantitative estimate of drug-likeness (QED) is 0.503. The van der Waals surface area contributed by atoms with Crippen LogP contribution in [0.2, 0.25) is 0 Å². The van der Waals surface area contributed by atoms with Crippen LogP contribution in [0.1, 0.15) is 41.4 Å². The molecule has 4 rings (SSSR count). The van der Waals surface area contributed by atoms with Crippen LogP contribution in [-0.4, -0.2) is 25.7 Å². The number of rotatable bonds is 4. The van der Waals surface area contributed by atoms with Gasteiger partial charge in [-0.2, -0.15) is 0 Å². The van der Waals surface area contributed by atoms with Crippen LogP contribution in [-0.2, 0) is 0 Å². The Morgan fingerprint density at radius 3 is 2.48 bits per heavy atom. The van der Waals surface area contributed by atoms with E-state index in [1.807, 2.05) is 73.0 Å². The van der Waals surface area contributed by atoms with Crippen molar-refractivity contribution < 1.29 is 4.79 Å². The zero-order valence-electron chi connectivity index (χ0n) is 17.3. The zero-order valence-corrected chi connectivity index (χ0v) is 17.3. The third kappa shape index (κ3) is 4.85. The fraction of sp³-hybridized carbons (Fsp3) is 0.120. The van der Waals surface area contributed by atoms with E-state index in [2.05, 4.69) is 32.3 Å². The van der Waals surface area contributed by atoms with Gasteiger partial charge in [-0.15, -0.1) is 10.2 Å². The highest BCUT2D eigenvalue weighted by Crippen LogP contribution is 2.20. The highest BCUT2D eigenvalue weighted by molar-refractivity contribution is 6.04. The molecule has 31 heavy (non-hydrogen) atoms. The molecule has 6 heteroatoms. The maximum atomic E-state index is 12.8. The molecule has 0 aliphatic heterocycles. The largest absolute Gasteiger partial charge is 0.310 e. The highest BCUT2D eigenvalue weighted by atomic mass is 16.1. The van der Waals surface area contributed by atoms with Gasteiger partial charge in [-0.1, -0.05) is 42.2 Å². The van der Waals surface area contributed by atoms with Gasteiger partial charge in [-0.25, -0.2) is 4.98 Å². The van der Waals surface area contributed by atoms with Crippen LogP contribution in [0, 0.1) is 11.8 Å². The Kier molecular flexibility index (Phi) is 5.86. The standard InChI is InChI=1S/C25H21N5O/c1-18(2)30-17-26-29-24(30)22-12-7-13-23(27-22)28-25(31)21-11-6-10-20(16-21)15-14-19-8-4-3-5-9-19/h3-13,16-18H,1-2H3,(H,27,28,31). The van der Waals surface area contributed by atoms with Gasteiger partial charge < -0.3 is 9.88 Å². The summed E-state index contributed by atoms with van der Waals surface area (Å²) >= 11 is 0. The Morgan fingerprint density at radius 1 is 0.935 bits per heavy atom. The molecule has 2 aromatic carbocycles. The van der Waals surface area contributed by atoms with Crippen LogP contribution in [0.4, 0.5) is 5.82 Å². The fourth-order valence-corrected chi connectivity index (χ4v) is 3.03. The Hall–Kier alpha value is -4.24. The summed E-state index contributed by atoms with van der Waals surface area (Å²) in [5, 5.41) is 11.0. The van der Waals surface area contributed by atoms with Gasteiger partial charge in [-0.3, -0.25) is 4.79 Å². The first-order valence-electron chi connectivity index (χ1n) is 9.95. The van der Waals surface area contributed by atoms with Crippen molar-refractivity contribution in [3.8, 4) is 23.4 Å². The van der Waals surface area contributed by atoms with Crippen LogP contribution in [0.3, 0.4) is 0 Å². The molecule has 0 spiro atoms. The van der Waals surface area contributed by atoms with E-state index in [1.54, 1.807) is 24.5 Å². The van der Waals surface area contributed by atoms with Crippen molar-refractivity contribution >= 4 is 11.7 Å². The van der Waals surface area contributed by atoms with E-state index in [0.717, 1.165) is 11.1 Å². The second-order valence-corrected chi connectivity index (χ2v) is 7.21. The summed E-state index contributed by atoms with van der Waals surface area (Å²) in [6, 6.07) is 22.6. The van der Waals surface area contributed by atoms with Gasteiger partial charge in [0, 0.05) is 22.7 Å². The molecule has 1 amide bonds. The average Bonchev–Trinajstić information content (AvgIpc) is 3.29. The summed E-state index contributed by atoms with van der Waals surface area (Å²) in [5.74, 6) is 7.06. The Morgan fingerprint density at radius 2 is 1.68 bits per heavy atom. The fourth-order valence-electron chi connectivity index (χ4n) is 3.03. The lowest BCUT2D eigenvalue weighted by Crippen LogP contribution is -2.13. The van der Waals surface area contributed by atoms with Crippen molar-refractivity contribution in [1.82, 2.24) is 19.7 Å². The lowest BCUT2D eigenvalue weighted by molar-refractivity contribution is 0.102. The molecule has 0 atom stereocenters. The monoisotopic (exact) mass is 407 g/mol. The molecule has 0 bridgehead atoms. The average molecular weight is 407 g/mol. The molecule has 152 valence electrons. The molecule has 1 N–H and O–H groups in total. The molecular formula is C25H21N5O. The molecule has 0 radical (unpaired) electrons. The minimum absolute atomic E-state index is 0.199. The van der Waals surface area contributed by atoms with Gasteiger partial charge >= 0.3 is 0 Å². The van der Waals surface area contributed by atoms with Gasteiger partial charge in [0.2, 0.25) is 0 Å². The predicted octanol–water partition coefficient (Wildman–Crippen LogP) is 4.57. The SMILES string of the molecule is CC(C)n1cnnc1-c1cccc(NC(=O)c2cccc(C#Cc3ccccc3)c2)n1. The minimum atomic E-state index is -0.252. The second-order valence-electron chi connectivity index (χ2n) is 7.21. The van der Waals surface area contributed by atoms with Crippen molar-refractivity contribution in [3.05, 3.63) is 95.8 Å². The number of nitrogens with one attached hydrogen (secondary N) is 1. The van der Waals surface area contributed by atoms with Gasteiger partial charge in [0.15, 0.2) is 5.82 Å². The van der Waals surface area contributed by atoms with Crippen molar-refractivity contribution in [2.24, 2.45) is 0 Å². The lowest BCUT2D eigenvalue weighted by Gasteiger charge is -2.10. The van der Waals surface area contributed by atoms with Crippen molar-refractivity contribution in [2.75, 3.05) is 5.32 Å². The van der Waals surface area contributed by atoms with Crippen LogP contribution < -0.4 is 5.32 Å². The first kappa shape index (κ1) is 20.0. The number of hydrogen-bond donors (Lipinski definition) is 1. The molecule has 6 nitrogen and oxygen atoms in total. The van der Waals surface area contributed by atoms with Crippen molar-refractivity contribution in [1.29, 1.82) is 0 Å². The topological polar surface area (TPSA) is 72.7 Å². The maximum Gasteiger partial charge on any atom is 0.256 e. The van der Waals surface area contributed by atoms with Crippen LogP contribution in [0.15, 0.2) is 79.1 Å². The molecule has 0 saturated heterocycles. The van der Waals surface area contributed by atoms with E-state index in [1.165, 1.54) is 0 Å². The van der Waals surface area contributed by atoms with E-state index in [0.29, 0.717) is 22.9 Å². The Balaban J connectivity index is 1.53. The second kappa shape index (κ2) is 9.06. The molecule has 0 saturated carbocycles. The van der Waals surface area contributed by atoms with Gasteiger partial charge in [0.1, 0.15) is 17.8 Å². The lowest BCUT2D eigenvalue weighted by atomic mass is 10.1. The predicted molar refractivity (Wildman–Crippen MR) is 120 cm³/mol. The summed E-state index contributed by atoms with van der Waals surface area (Å²) in [5.41, 5.74) is 2.85. The number of nitrogens with zero attached hydrogens (tertiary/aromatic N) is 4. The van der Waals surface area contributed by atoms with Crippen LogP contribution in [0.5, 0.6) is 0 Å². The number of amides is 1. The smallest absolute Gasteiger partial charge is 0.256 e. The van der Waals surface area contributed by atoms with Crippen LogP contribution >= 0.6 is 0 Å². The molecule has 4 aromatic rings. The minimum Gasteiger partial charge on any atom is -0.310 e. The highest BCUT2D eigenvalue weighted by Gasteiger charge is 2.13. The van der Waals surface area contributed by atoms with Crippen molar-refractivity contribution in [3.63, 3.8) is 0 Å². The summed E-state index contributed by atoms with van der Waals surface area (Å²) in [6.45, 7) is 4.10. The number of carbonyl (C=O) groups excluding carboxylic acids is 1. The summed E-state index contributed by atoms with van der Waals surface area (Å²) in [6.07, 6.45) is 1.68. The molecule has 0 fully saturated rings. The van der Waals surface area contributed by atoms with E-state index in [-0.39, 0.29) is 11.9 Å². The van der Waals surface area contributed by atoms with Crippen molar-refractivity contribution in [2.45, 2.75) is 19.9 Å². The van der Waals surface area contributed by atoms with E-state index < -0.39 is 0 Å². The molecule has 0 unspecified atom stereocenters. The molecule has 2 heterocycles. The first-order chi connectivity index (χ1) is 15.1. The molecule has 0 aliphatic carbocycles. The maximum absolute atomic E-state index is 12.8. The summed E-state index contributed by atoms with van der Waals surface area (Å²) < 4.78 is 1.93. The Labute approximate surface area is 181 Å². The van der Waals surface area contributed by atoms with Crippen LogP contribution in [0.25, 0.3) is 11.5 Å². The number of aromatic nitrogens is 4. The third-order valence-electron chi connectivity index (χ3n) is 4.60. The third-order valence-corrected chi connectivity index (χ3v) is 4.60. The molecular weight excluding hydrogens is 386 g/mol. The van der Waals surface area contributed by atoms with Gasteiger partial charge in [-0.05, 0) is 56.3 Å². The number of carbonyl (C=O) groups is 1. The van der Waals surface area contributed by atoms with Gasteiger partial charge in [0.25, 0.3) is 5.91 Å². The van der Waals surface area contributed by atoms with E-state index >= 15 is 0 Å². The number of pyridine rings is 1. The Bertz CT molecular complexity index is 1270. The normalized spacial score (nSPS) is 10.4. The number of hydrogen-bond acceptors (Lipinski definition) is 4. The van der Waals surface area contributed by atoms with E-state index in [9.17, 15) is 4.79 Å². The first-order valence-corrected chi connectivity index (χ1v) is 9.95. The number of benzene rings is 2. The molecule has 0 aliphatic rings. The zero-order chi connectivity index (χ0) is 21.6.